The first-order valence-electron chi connectivity index (χ1n) is 6.61. The third-order valence-corrected chi connectivity index (χ3v) is 3.37. The van der Waals surface area contributed by atoms with Crippen LogP contribution < -0.4 is 10.2 Å². The van der Waals surface area contributed by atoms with Crippen LogP contribution in [0.1, 0.15) is 10.4 Å². The minimum Gasteiger partial charge on any atom is -0.447 e. The molecule has 0 aliphatic carbocycles. The molecule has 0 spiro atoms. The summed E-state index contributed by atoms with van der Waals surface area (Å²) in [5, 5.41) is 3.16. The van der Waals surface area contributed by atoms with Gasteiger partial charge in [0.05, 0.1) is 11.6 Å². The lowest BCUT2D eigenvalue weighted by atomic mass is 10.1. The van der Waals surface area contributed by atoms with Crippen LogP contribution in [-0.4, -0.2) is 30.1 Å². The van der Waals surface area contributed by atoms with Crippen molar-refractivity contribution < 1.29 is 14.3 Å². The molecule has 1 N–H and O–H groups in total. The van der Waals surface area contributed by atoms with Crippen LogP contribution in [0, 0.1) is 0 Å². The second-order valence-electron chi connectivity index (χ2n) is 4.63. The highest BCUT2D eigenvalue weighted by Gasteiger charge is 2.24. The van der Waals surface area contributed by atoms with Crippen molar-refractivity contribution in [3.63, 3.8) is 0 Å². The normalized spacial score (nSPS) is 13.9. The number of halogens is 1. The van der Waals surface area contributed by atoms with E-state index < -0.39 is 6.09 Å². The van der Waals surface area contributed by atoms with Crippen molar-refractivity contribution in [1.82, 2.24) is 4.98 Å². The van der Waals surface area contributed by atoms with Gasteiger partial charge in [0.25, 0.3) is 5.91 Å². The fraction of sp³-hybridized carbons (Fsp3) is 0.133. The lowest BCUT2D eigenvalue weighted by Gasteiger charge is -2.13. The zero-order valence-electron chi connectivity index (χ0n) is 11.5. The first-order chi connectivity index (χ1) is 10.6. The minimum atomic E-state index is -0.406. The zero-order chi connectivity index (χ0) is 15.5. The number of anilines is 2. The molecule has 1 aliphatic rings. The van der Waals surface area contributed by atoms with Crippen LogP contribution >= 0.6 is 11.6 Å². The summed E-state index contributed by atoms with van der Waals surface area (Å²) in [7, 11) is 0. The number of cyclic esters (lactones) is 1. The summed E-state index contributed by atoms with van der Waals surface area (Å²) in [6, 6.07) is 10.0. The maximum Gasteiger partial charge on any atom is 0.414 e. The van der Waals surface area contributed by atoms with Gasteiger partial charge in [0.15, 0.2) is 0 Å². The Morgan fingerprint density at radius 1 is 1.32 bits per heavy atom. The largest absolute Gasteiger partial charge is 0.447 e. The highest BCUT2D eigenvalue weighted by Crippen LogP contribution is 2.20. The number of nitrogens with one attached hydrogen (secondary N) is 1. The predicted octanol–water partition coefficient (Wildman–Crippen LogP) is 2.94. The summed E-state index contributed by atoms with van der Waals surface area (Å²) in [4.78, 5) is 29.3. The van der Waals surface area contributed by atoms with E-state index in [1.54, 1.807) is 36.4 Å². The summed E-state index contributed by atoms with van der Waals surface area (Å²) in [5.41, 5.74) is 1.05. The lowest BCUT2D eigenvalue weighted by molar-refractivity contribution is 0.102. The Balaban J connectivity index is 1.78. The number of aromatic nitrogens is 1. The molecule has 0 bridgehead atoms. The Morgan fingerprint density at radius 3 is 2.86 bits per heavy atom. The summed E-state index contributed by atoms with van der Waals surface area (Å²) in [6.45, 7) is 0.826. The molecule has 1 aromatic heterocycles. The van der Waals surface area contributed by atoms with Gasteiger partial charge in [0.2, 0.25) is 0 Å². The molecule has 0 unspecified atom stereocenters. The van der Waals surface area contributed by atoms with Gasteiger partial charge in [-0.05, 0) is 30.3 Å². The molecule has 3 rings (SSSR count). The molecule has 2 aromatic rings. The summed E-state index contributed by atoms with van der Waals surface area (Å²) in [5.74, 6) is 0.0876. The third kappa shape index (κ3) is 3.01. The van der Waals surface area contributed by atoms with Crippen LogP contribution in [0.2, 0.25) is 5.02 Å². The number of hydrogen-bond acceptors (Lipinski definition) is 4. The van der Waals surface area contributed by atoms with Crippen molar-refractivity contribution in [1.29, 1.82) is 0 Å². The van der Waals surface area contributed by atoms with Gasteiger partial charge in [-0.1, -0.05) is 17.7 Å². The molecular weight excluding hydrogens is 306 g/mol. The molecule has 1 saturated heterocycles. The first-order valence-corrected chi connectivity index (χ1v) is 6.98. The summed E-state index contributed by atoms with van der Waals surface area (Å²) >= 11 is 5.75. The Kier molecular flexibility index (Phi) is 3.93. The Hall–Kier alpha value is -2.60. The molecule has 1 fully saturated rings. The van der Waals surface area contributed by atoms with Crippen LogP contribution in [0.4, 0.5) is 16.3 Å². The number of pyridine rings is 1. The van der Waals surface area contributed by atoms with Gasteiger partial charge in [-0.2, -0.15) is 0 Å². The standard InChI is InChI=1S/C15H12ClN3O3/c16-11-4-5-13(17-9-11)18-14(20)10-2-1-3-12(8-10)19-6-7-22-15(19)21/h1-5,8-9H,6-7H2,(H,17,18,20). The van der Waals surface area contributed by atoms with Crippen molar-refractivity contribution in [3.05, 3.63) is 53.2 Å². The molecule has 112 valence electrons. The van der Waals surface area contributed by atoms with Crippen molar-refractivity contribution in [2.45, 2.75) is 0 Å². The van der Waals surface area contributed by atoms with Crippen LogP contribution in [0.15, 0.2) is 42.6 Å². The number of ether oxygens (including phenoxy) is 1. The van der Waals surface area contributed by atoms with Gasteiger partial charge in [0, 0.05) is 17.4 Å². The van der Waals surface area contributed by atoms with Gasteiger partial charge in [-0.15, -0.1) is 0 Å². The van der Waals surface area contributed by atoms with E-state index >= 15 is 0 Å². The predicted molar refractivity (Wildman–Crippen MR) is 82.3 cm³/mol. The van der Waals surface area contributed by atoms with Gasteiger partial charge >= 0.3 is 6.09 Å². The van der Waals surface area contributed by atoms with Gasteiger partial charge in [0.1, 0.15) is 12.4 Å². The quantitative estimate of drug-likeness (QED) is 0.944. The van der Waals surface area contributed by atoms with Crippen molar-refractivity contribution >= 4 is 35.1 Å². The van der Waals surface area contributed by atoms with E-state index in [4.69, 9.17) is 16.3 Å². The van der Waals surface area contributed by atoms with Crippen LogP contribution in [0.3, 0.4) is 0 Å². The molecule has 2 heterocycles. The fourth-order valence-electron chi connectivity index (χ4n) is 2.08. The van der Waals surface area contributed by atoms with Crippen molar-refractivity contribution in [2.24, 2.45) is 0 Å². The summed E-state index contributed by atoms with van der Waals surface area (Å²) < 4.78 is 4.89. The molecule has 7 heteroatoms. The number of carbonyl (C=O) groups is 2. The Labute approximate surface area is 131 Å². The van der Waals surface area contributed by atoms with Gasteiger partial charge < -0.3 is 10.1 Å². The molecule has 6 nitrogen and oxygen atoms in total. The van der Waals surface area contributed by atoms with Gasteiger partial charge in [-0.3, -0.25) is 9.69 Å². The number of benzene rings is 1. The monoisotopic (exact) mass is 317 g/mol. The summed E-state index contributed by atoms with van der Waals surface area (Å²) in [6.07, 6.45) is 1.05. The molecule has 1 aromatic carbocycles. The highest BCUT2D eigenvalue weighted by atomic mass is 35.5. The fourth-order valence-corrected chi connectivity index (χ4v) is 2.19. The minimum absolute atomic E-state index is 0.316. The second-order valence-corrected chi connectivity index (χ2v) is 5.07. The Morgan fingerprint density at radius 2 is 2.18 bits per heavy atom. The van der Waals surface area contributed by atoms with E-state index in [0.717, 1.165) is 0 Å². The first kappa shape index (κ1) is 14.3. The maximum absolute atomic E-state index is 12.2. The van der Waals surface area contributed by atoms with E-state index in [1.807, 2.05) is 0 Å². The third-order valence-electron chi connectivity index (χ3n) is 3.15. The smallest absolute Gasteiger partial charge is 0.414 e. The van der Waals surface area contributed by atoms with Gasteiger partial charge in [-0.25, -0.2) is 9.78 Å². The topological polar surface area (TPSA) is 71.5 Å². The molecule has 0 saturated carbocycles. The second kappa shape index (κ2) is 6.03. The van der Waals surface area contributed by atoms with Crippen LogP contribution in [0.25, 0.3) is 0 Å². The van der Waals surface area contributed by atoms with Crippen LogP contribution in [0.5, 0.6) is 0 Å². The van der Waals surface area contributed by atoms with E-state index in [0.29, 0.717) is 35.2 Å². The zero-order valence-corrected chi connectivity index (χ0v) is 12.2. The number of amides is 2. The van der Waals surface area contributed by atoms with E-state index in [-0.39, 0.29) is 5.91 Å². The lowest BCUT2D eigenvalue weighted by Crippen LogP contribution is -2.23. The highest BCUT2D eigenvalue weighted by molar-refractivity contribution is 6.30. The van der Waals surface area contributed by atoms with E-state index in [1.165, 1.54) is 11.1 Å². The van der Waals surface area contributed by atoms with E-state index in [2.05, 4.69) is 10.3 Å². The van der Waals surface area contributed by atoms with Crippen molar-refractivity contribution in [3.8, 4) is 0 Å². The Bertz CT molecular complexity index is 718. The molecular formula is C15H12ClN3O3. The van der Waals surface area contributed by atoms with Crippen LogP contribution in [-0.2, 0) is 4.74 Å². The number of carbonyl (C=O) groups excluding carboxylic acids is 2. The number of nitrogens with zero attached hydrogens (tertiary/aromatic N) is 2. The molecule has 2 amide bonds. The SMILES string of the molecule is O=C(Nc1ccc(Cl)cn1)c1cccc(N2CCOC2=O)c1. The number of hydrogen-bond donors (Lipinski definition) is 1. The van der Waals surface area contributed by atoms with Crippen molar-refractivity contribution in [2.75, 3.05) is 23.4 Å². The molecule has 22 heavy (non-hydrogen) atoms. The number of rotatable bonds is 3. The van der Waals surface area contributed by atoms with E-state index in [9.17, 15) is 9.59 Å². The molecule has 0 radical (unpaired) electrons. The molecule has 0 atom stereocenters. The average Bonchev–Trinajstić information content (AvgIpc) is 2.96. The maximum atomic E-state index is 12.2. The molecule has 1 aliphatic heterocycles. The average molecular weight is 318 g/mol.